The summed E-state index contributed by atoms with van der Waals surface area (Å²) >= 11 is 0. The Morgan fingerprint density at radius 1 is 1.23 bits per heavy atom. The third kappa shape index (κ3) is 2.54. The third-order valence-corrected chi connectivity index (χ3v) is 3.02. The van der Waals surface area contributed by atoms with Gasteiger partial charge < -0.3 is 9.47 Å². The van der Waals surface area contributed by atoms with Gasteiger partial charge in [-0.25, -0.2) is 14.8 Å². The second-order valence-electron chi connectivity index (χ2n) is 4.86. The Morgan fingerprint density at radius 3 is 2.45 bits per heavy atom. The molecule has 0 unspecified atom stereocenters. The van der Waals surface area contributed by atoms with Crippen LogP contribution in [0.4, 0.5) is 0 Å². The first kappa shape index (κ1) is 15.6. The lowest BCUT2D eigenvalue weighted by atomic mass is 10.2. The van der Waals surface area contributed by atoms with Crippen LogP contribution in [0.5, 0.6) is 5.75 Å². The maximum Gasteiger partial charge on any atom is 0.347 e. The predicted octanol–water partition coefficient (Wildman–Crippen LogP) is 0.676. The van der Waals surface area contributed by atoms with Gasteiger partial charge in [0.15, 0.2) is 17.0 Å². The number of fused-ring (bicyclic) bond motifs is 1. The highest BCUT2D eigenvalue weighted by Crippen LogP contribution is 2.25. The van der Waals surface area contributed by atoms with Gasteiger partial charge in [0, 0.05) is 19.4 Å². The first-order chi connectivity index (χ1) is 10.4. The van der Waals surface area contributed by atoms with E-state index in [1.54, 1.807) is 13.8 Å². The largest absolute Gasteiger partial charge is 0.465 e. The standard InChI is InChI=1S/C14H15N3O5/c1-7(2)13(19)22-10-8(14(20)21-4)12(18)17(3)11-9(10)15-5-6-16-11/h5-7H,1-4H3. The quantitative estimate of drug-likeness (QED) is 0.768. The van der Waals surface area contributed by atoms with Crippen molar-refractivity contribution in [2.75, 3.05) is 7.11 Å². The van der Waals surface area contributed by atoms with E-state index in [0.717, 1.165) is 11.7 Å². The number of ether oxygens (including phenoxy) is 2. The van der Waals surface area contributed by atoms with E-state index < -0.39 is 23.4 Å². The summed E-state index contributed by atoms with van der Waals surface area (Å²) in [5.41, 5.74) is -0.718. The van der Waals surface area contributed by atoms with E-state index in [4.69, 9.17) is 4.74 Å². The van der Waals surface area contributed by atoms with Crippen molar-refractivity contribution in [3.63, 3.8) is 0 Å². The molecule has 0 aliphatic carbocycles. The van der Waals surface area contributed by atoms with Crippen molar-refractivity contribution in [2.24, 2.45) is 13.0 Å². The Morgan fingerprint density at radius 2 is 1.86 bits per heavy atom. The summed E-state index contributed by atoms with van der Waals surface area (Å²) in [5.74, 6) is -2.16. The molecule has 2 aromatic heterocycles. The van der Waals surface area contributed by atoms with Crippen molar-refractivity contribution in [2.45, 2.75) is 13.8 Å². The fraction of sp³-hybridized carbons (Fsp3) is 0.357. The molecular formula is C14H15N3O5. The van der Waals surface area contributed by atoms with Crippen molar-refractivity contribution >= 4 is 23.1 Å². The maximum absolute atomic E-state index is 12.4. The number of carbonyl (C=O) groups is 2. The van der Waals surface area contributed by atoms with Crippen molar-refractivity contribution in [3.8, 4) is 5.75 Å². The Hall–Kier alpha value is -2.77. The molecule has 0 saturated heterocycles. The van der Waals surface area contributed by atoms with Crippen LogP contribution >= 0.6 is 0 Å². The van der Waals surface area contributed by atoms with Crippen molar-refractivity contribution in [1.82, 2.24) is 14.5 Å². The minimum absolute atomic E-state index is 0.138. The molecule has 0 aliphatic heterocycles. The van der Waals surface area contributed by atoms with E-state index in [0.29, 0.717) is 0 Å². The molecule has 0 radical (unpaired) electrons. The molecule has 22 heavy (non-hydrogen) atoms. The number of methoxy groups -OCH3 is 1. The molecule has 0 atom stereocenters. The molecule has 2 aromatic rings. The Bertz CT molecular complexity index is 810. The van der Waals surface area contributed by atoms with Gasteiger partial charge in [-0.2, -0.15) is 0 Å². The molecular weight excluding hydrogens is 290 g/mol. The first-order valence-corrected chi connectivity index (χ1v) is 6.52. The Balaban J connectivity index is 2.84. The normalized spacial score (nSPS) is 10.8. The number of esters is 2. The van der Waals surface area contributed by atoms with Crippen molar-refractivity contribution < 1.29 is 19.1 Å². The van der Waals surface area contributed by atoms with Gasteiger partial charge in [-0.1, -0.05) is 13.8 Å². The summed E-state index contributed by atoms with van der Waals surface area (Å²) in [7, 11) is 2.58. The highest BCUT2D eigenvalue weighted by Gasteiger charge is 2.27. The molecule has 0 bridgehead atoms. The smallest absolute Gasteiger partial charge is 0.347 e. The molecule has 0 aliphatic rings. The van der Waals surface area contributed by atoms with Crippen LogP contribution in [0.15, 0.2) is 17.2 Å². The summed E-state index contributed by atoms with van der Waals surface area (Å²) in [6.45, 7) is 3.27. The number of hydrogen-bond donors (Lipinski definition) is 0. The van der Waals surface area contributed by atoms with Crippen LogP contribution in [0.25, 0.3) is 11.2 Å². The summed E-state index contributed by atoms with van der Waals surface area (Å²) in [5, 5.41) is 0. The first-order valence-electron chi connectivity index (χ1n) is 6.52. The maximum atomic E-state index is 12.4. The Labute approximate surface area is 125 Å². The average molecular weight is 305 g/mol. The molecule has 8 nitrogen and oxygen atoms in total. The third-order valence-electron chi connectivity index (χ3n) is 3.02. The lowest BCUT2D eigenvalue weighted by molar-refractivity contribution is -0.137. The van der Waals surface area contributed by atoms with Crippen molar-refractivity contribution in [3.05, 3.63) is 28.3 Å². The summed E-state index contributed by atoms with van der Waals surface area (Å²) in [4.78, 5) is 44.3. The van der Waals surface area contributed by atoms with E-state index in [1.165, 1.54) is 19.4 Å². The predicted molar refractivity (Wildman–Crippen MR) is 76.6 cm³/mol. The van der Waals surface area contributed by atoms with Crippen LogP contribution in [0.1, 0.15) is 24.2 Å². The Kier molecular flexibility index (Phi) is 4.20. The lowest BCUT2D eigenvalue weighted by Crippen LogP contribution is -2.29. The number of hydrogen-bond acceptors (Lipinski definition) is 7. The fourth-order valence-electron chi connectivity index (χ4n) is 1.82. The number of aryl methyl sites for hydroxylation is 1. The van der Waals surface area contributed by atoms with Crippen LogP contribution in [-0.4, -0.2) is 33.6 Å². The second kappa shape index (κ2) is 5.92. The number of rotatable bonds is 3. The summed E-state index contributed by atoms with van der Waals surface area (Å²) in [6.07, 6.45) is 2.77. The summed E-state index contributed by atoms with van der Waals surface area (Å²) in [6, 6.07) is 0. The van der Waals surface area contributed by atoms with Gasteiger partial charge in [0.05, 0.1) is 13.0 Å². The van der Waals surface area contributed by atoms with E-state index in [-0.39, 0.29) is 22.5 Å². The number of nitrogens with zero attached hydrogens (tertiary/aromatic N) is 3. The van der Waals surface area contributed by atoms with Gasteiger partial charge in [0.25, 0.3) is 5.56 Å². The SMILES string of the molecule is COC(=O)c1c(OC(=O)C(C)C)c2nccnc2n(C)c1=O. The second-order valence-corrected chi connectivity index (χ2v) is 4.86. The molecule has 8 heteroatoms. The van der Waals surface area contributed by atoms with Crippen LogP contribution in [-0.2, 0) is 16.6 Å². The van der Waals surface area contributed by atoms with Gasteiger partial charge >= 0.3 is 11.9 Å². The molecule has 0 fully saturated rings. The van der Waals surface area contributed by atoms with Crippen LogP contribution in [0.3, 0.4) is 0 Å². The topological polar surface area (TPSA) is 100 Å². The van der Waals surface area contributed by atoms with E-state index in [1.807, 2.05) is 0 Å². The van der Waals surface area contributed by atoms with Gasteiger partial charge in [-0.05, 0) is 0 Å². The van der Waals surface area contributed by atoms with Crippen LogP contribution in [0.2, 0.25) is 0 Å². The van der Waals surface area contributed by atoms with Crippen molar-refractivity contribution in [1.29, 1.82) is 0 Å². The highest BCUT2D eigenvalue weighted by atomic mass is 16.5. The molecule has 0 amide bonds. The molecule has 0 spiro atoms. The van der Waals surface area contributed by atoms with E-state index in [9.17, 15) is 14.4 Å². The molecule has 2 heterocycles. The van der Waals surface area contributed by atoms with Crippen LogP contribution < -0.4 is 10.3 Å². The van der Waals surface area contributed by atoms with Gasteiger partial charge in [-0.15, -0.1) is 0 Å². The zero-order valence-corrected chi connectivity index (χ0v) is 12.6. The van der Waals surface area contributed by atoms with Gasteiger partial charge in [0.1, 0.15) is 5.52 Å². The number of carbonyl (C=O) groups excluding carboxylic acids is 2. The molecule has 0 saturated carbocycles. The fourth-order valence-corrected chi connectivity index (χ4v) is 1.82. The molecule has 2 rings (SSSR count). The average Bonchev–Trinajstić information content (AvgIpc) is 2.51. The lowest BCUT2D eigenvalue weighted by Gasteiger charge is -2.13. The molecule has 116 valence electrons. The molecule has 0 aromatic carbocycles. The highest BCUT2D eigenvalue weighted by molar-refractivity contribution is 5.99. The van der Waals surface area contributed by atoms with Gasteiger partial charge in [-0.3, -0.25) is 14.2 Å². The number of aromatic nitrogens is 3. The van der Waals surface area contributed by atoms with E-state index in [2.05, 4.69) is 14.7 Å². The zero-order valence-electron chi connectivity index (χ0n) is 12.6. The minimum Gasteiger partial charge on any atom is -0.465 e. The summed E-state index contributed by atoms with van der Waals surface area (Å²) < 4.78 is 11.0. The monoisotopic (exact) mass is 305 g/mol. The minimum atomic E-state index is -0.903. The van der Waals surface area contributed by atoms with E-state index >= 15 is 0 Å². The zero-order chi connectivity index (χ0) is 16.4. The molecule has 0 N–H and O–H groups in total. The van der Waals surface area contributed by atoms with Gasteiger partial charge in [0.2, 0.25) is 0 Å². The van der Waals surface area contributed by atoms with Crippen LogP contribution in [0, 0.1) is 5.92 Å². The number of pyridine rings is 1.